The highest BCUT2D eigenvalue weighted by Gasteiger charge is 2.37. The summed E-state index contributed by atoms with van der Waals surface area (Å²) in [5, 5.41) is 14.1. The van der Waals surface area contributed by atoms with Crippen molar-refractivity contribution in [3.8, 4) is 0 Å². The molecule has 1 aliphatic rings. The normalized spacial score (nSPS) is 17.1. The van der Waals surface area contributed by atoms with Crippen LogP contribution >= 0.6 is 11.6 Å². The minimum atomic E-state index is -0.953. The lowest BCUT2D eigenvalue weighted by atomic mass is 10.1. The van der Waals surface area contributed by atoms with Crippen molar-refractivity contribution in [1.82, 2.24) is 9.78 Å². The second-order valence-corrected chi connectivity index (χ2v) is 4.61. The van der Waals surface area contributed by atoms with Crippen molar-refractivity contribution in [3.05, 3.63) is 16.9 Å². The van der Waals surface area contributed by atoms with Gasteiger partial charge >= 0.3 is 0 Å². The first-order chi connectivity index (χ1) is 8.15. The zero-order valence-corrected chi connectivity index (χ0v) is 10.4. The fraction of sp³-hybridized carbons (Fsp3) is 0.636. The van der Waals surface area contributed by atoms with Crippen molar-refractivity contribution in [3.63, 3.8) is 0 Å². The summed E-state index contributed by atoms with van der Waals surface area (Å²) in [5.74, 6) is -0.254. The number of ketones is 1. The molecule has 0 radical (unpaired) electrons. The Balaban J connectivity index is 2.17. The van der Waals surface area contributed by atoms with Gasteiger partial charge in [0, 0.05) is 7.11 Å². The third-order valence-corrected chi connectivity index (χ3v) is 3.15. The van der Waals surface area contributed by atoms with E-state index in [1.165, 1.54) is 10.9 Å². The number of carbonyl (C=O) groups is 1. The van der Waals surface area contributed by atoms with Gasteiger partial charge < -0.3 is 9.84 Å². The number of aromatic nitrogens is 2. The van der Waals surface area contributed by atoms with Gasteiger partial charge in [0.2, 0.25) is 5.78 Å². The maximum Gasteiger partial charge on any atom is 0.211 e. The first-order valence-corrected chi connectivity index (χ1v) is 5.95. The van der Waals surface area contributed by atoms with Crippen molar-refractivity contribution in [1.29, 1.82) is 0 Å². The van der Waals surface area contributed by atoms with Crippen LogP contribution < -0.4 is 0 Å². The molecular weight excluding hydrogens is 244 g/mol. The number of methoxy groups -OCH3 is 1. The highest BCUT2D eigenvalue weighted by atomic mass is 35.5. The molecule has 1 N–H and O–H groups in total. The Morgan fingerprint density at radius 2 is 2.47 bits per heavy atom. The smallest absolute Gasteiger partial charge is 0.211 e. The number of Topliss-reactive ketones (excluding diaryl/α,β-unsaturated/α-hetero) is 1. The van der Waals surface area contributed by atoms with Gasteiger partial charge in [-0.25, -0.2) is 0 Å². The van der Waals surface area contributed by atoms with Gasteiger partial charge in [-0.1, -0.05) is 11.6 Å². The van der Waals surface area contributed by atoms with Gasteiger partial charge in [-0.2, -0.15) is 5.10 Å². The minimum absolute atomic E-state index is 0.0874. The number of halogens is 1. The predicted octanol–water partition coefficient (Wildman–Crippen LogP) is 1.14. The molecule has 1 unspecified atom stereocenters. The van der Waals surface area contributed by atoms with Gasteiger partial charge in [0.05, 0.1) is 24.4 Å². The van der Waals surface area contributed by atoms with E-state index < -0.39 is 6.10 Å². The van der Waals surface area contributed by atoms with Crippen LogP contribution in [0, 0.1) is 5.92 Å². The monoisotopic (exact) mass is 258 g/mol. The Morgan fingerprint density at radius 3 is 3.06 bits per heavy atom. The highest BCUT2D eigenvalue weighted by molar-refractivity contribution is 6.33. The van der Waals surface area contributed by atoms with Crippen LogP contribution in [0.25, 0.3) is 0 Å². The molecule has 1 heterocycles. The molecule has 0 saturated heterocycles. The molecule has 2 rings (SSSR count). The molecule has 17 heavy (non-hydrogen) atoms. The van der Waals surface area contributed by atoms with Crippen molar-refractivity contribution in [2.75, 3.05) is 13.7 Å². The van der Waals surface area contributed by atoms with Crippen LogP contribution in [-0.2, 0) is 11.3 Å². The van der Waals surface area contributed by atoms with Crippen LogP contribution in [0.15, 0.2) is 6.20 Å². The van der Waals surface area contributed by atoms with E-state index in [0.29, 0.717) is 13.2 Å². The van der Waals surface area contributed by atoms with Crippen LogP contribution in [-0.4, -0.2) is 40.5 Å². The van der Waals surface area contributed by atoms with Crippen molar-refractivity contribution in [2.45, 2.75) is 25.5 Å². The van der Waals surface area contributed by atoms with E-state index in [1.807, 2.05) is 0 Å². The van der Waals surface area contributed by atoms with Crippen molar-refractivity contribution in [2.24, 2.45) is 5.92 Å². The number of ether oxygens (including phenoxy) is 1. The molecule has 1 fully saturated rings. The average Bonchev–Trinajstić information content (AvgIpc) is 3.10. The van der Waals surface area contributed by atoms with Gasteiger partial charge in [-0.05, 0) is 18.8 Å². The number of aliphatic hydroxyl groups excluding tert-OH is 1. The molecule has 5 nitrogen and oxygen atoms in total. The largest absolute Gasteiger partial charge is 0.385 e. The summed E-state index contributed by atoms with van der Waals surface area (Å²) >= 11 is 5.93. The summed E-state index contributed by atoms with van der Waals surface area (Å²) in [6.45, 7) is 0.888. The molecule has 0 bridgehead atoms. The van der Waals surface area contributed by atoms with Gasteiger partial charge in [0.15, 0.2) is 0 Å². The molecule has 0 aromatic carbocycles. The molecule has 94 valence electrons. The molecule has 1 atom stereocenters. The Kier molecular flexibility index (Phi) is 3.81. The zero-order chi connectivity index (χ0) is 12.4. The molecular formula is C11H15ClN2O3. The number of rotatable bonds is 6. The molecule has 0 spiro atoms. The summed E-state index contributed by atoms with van der Waals surface area (Å²) in [5.41, 5.74) is 0.281. The van der Waals surface area contributed by atoms with E-state index in [1.54, 1.807) is 7.11 Å². The van der Waals surface area contributed by atoms with Gasteiger partial charge in [0.25, 0.3) is 0 Å². The van der Waals surface area contributed by atoms with Gasteiger partial charge in [-0.3, -0.25) is 9.48 Å². The first kappa shape index (κ1) is 12.5. The second-order valence-electron chi connectivity index (χ2n) is 4.20. The number of nitrogens with zero attached hydrogens (tertiary/aromatic N) is 2. The lowest BCUT2D eigenvalue weighted by Gasteiger charge is -2.10. The van der Waals surface area contributed by atoms with E-state index in [2.05, 4.69) is 5.10 Å². The van der Waals surface area contributed by atoms with Crippen LogP contribution in [0.3, 0.4) is 0 Å². The molecule has 1 aromatic rings. The van der Waals surface area contributed by atoms with Crippen molar-refractivity contribution < 1.29 is 14.6 Å². The Labute approximate surface area is 104 Å². The third kappa shape index (κ3) is 2.68. The topological polar surface area (TPSA) is 64.4 Å². The third-order valence-electron chi connectivity index (χ3n) is 2.87. The number of aliphatic hydroxyl groups is 1. The van der Waals surface area contributed by atoms with Crippen molar-refractivity contribution >= 4 is 17.4 Å². The van der Waals surface area contributed by atoms with Crippen LogP contribution in [0.2, 0.25) is 5.02 Å². The molecule has 1 saturated carbocycles. The standard InChI is InChI=1S/C11H15ClN2O3/c1-17-5-4-14-9(8(12)6-13-14)11(16)10(15)7-2-3-7/h6-7,10,15H,2-5H2,1H3. The maximum absolute atomic E-state index is 12.1. The molecule has 0 amide bonds. The second kappa shape index (κ2) is 5.16. The van der Waals surface area contributed by atoms with Gasteiger partial charge in [0.1, 0.15) is 11.8 Å². The Morgan fingerprint density at radius 1 is 1.76 bits per heavy atom. The summed E-state index contributed by atoms with van der Waals surface area (Å²) in [6.07, 6.45) is 2.27. The molecule has 1 aromatic heterocycles. The summed E-state index contributed by atoms with van der Waals surface area (Å²) in [7, 11) is 1.58. The molecule has 6 heteroatoms. The Hall–Kier alpha value is -0.910. The number of carbonyl (C=O) groups excluding carboxylic acids is 1. The predicted molar refractivity (Wildman–Crippen MR) is 62.2 cm³/mol. The lowest BCUT2D eigenvalue weighted by molar-refractivity contribution is 0.0689. The SMILES string of the molecule is COCCn1ncc(Cl)c1C(=O)C(O)C1CC1. The van der Waals surface area contributed by atoms with Crippen LogP contribution in [0.5, 0.6) is 0 Å². The number of hydrogen-bond acceptors (Lipinski definition) is 4. The highest BCUT2D eigenvalue weighted by Crippen LogP contribution is 2.34. The van der Waals surface area contributed by atoms with E-state index in [9.17, 15) is 9.90 Å². The summed E-state index contributed by atoms with van der Waals surface area (Å²) in [6, 6.07) is 0. The fourth-order valence-corrected chi connectivity index (χ4v) is 1.96. The van der Waals surface area contributed by atoms with E-state index in [4.69, 9.17) is 16.3 Å². The number of hydrogen-bond donors (Lipinski definition) is 1. The zero-order valence-electron chi connectivity index (χ0n) is 9.60. The Bertz CT molecular complexity index is 415. The minimum Gasteiger partial charge on any atom is -0.385 e. The lowest BCUT2D eigenvalue weighted by Crippen LogP contribution is -2.26. The quantitative estimate of drug-likeness (QED) is 0.777. The maximum atomic E-state index is 12.1. The van der Waals surface area contributed by atoms with Crippen LogP contribution in [0.1, 0.15) is 23.3 Å². The van der Waals surface area contributed by atoms with E-state index in [0.717, 1.165) is 12.8 Å². The molecule has 1 aliphatic carbocycles. The summed E-state index contributed by atoms with van der Waals surface area (Å²) in [4.78, 5) is 12.1. The van der Waals surface area contributed by atoms with E-state index >= 15 is 0 Å². The van der Waals surface area contributed by atoms with Gasteiger partial charge in [-0.15, -0.1) is 0 Å². The summed E-state index contributed by atoms with van der Waals surface area (Å²) < 4.78 is 6.42. The first-order valence-electron chi connectivity index (χ1n) is 5.57. The van der Waals surface area contributed by atoms with Crippen LogP contribution in [0.4, 0.5) is 0 Å². The molecule has 0 aliphatic heterocycles. The fourth-order valence-electron chi connectivity index (χ4n) is 1.72. The van der Waals surface area contributed by atoms with E-state index in [-0.39, 0.29) is 22.4 Å². The average molecular weight is 259 g/mol.